The summed E-state index contributed by atoms with van der Waals surface area (Å²) in [7, 11) is 0. The molecule has 0 aromatic rings. The molecule has 2 fully saturated rings. The Balaban J connectivity index is 1.74. The van der Waals surface area contributed by atoms with Crippen molar-refractivity contribution in [3.63, 3.8) is 0 Å². The summed E-state index contributed by atoms with van der Waals surface area (Å²) >= 11 is 0. The number of allylic oxidation sites excluding steroid dienone is 18. The lowest BCUT2D eigenvalue weighted by atomic mass is 9.98. The van der Waals surface area contributed by atoms with Gasteiger partial charge >= 0.3 is 5.97 Å². The number of carbonyl (C=O) groups excluding carboxylic acids is 1. The fourth-order valence-corrected chi connectivity index (χ4v) is 8.53. The molecule has 0 radical (unpaired) electrons. The molecule has 2 aliphatic rings. The second-order valence-corrected chi connectivity index (χ2v) is 20.1. The largest absolute Gasteiger partial charge is 0.457 e. The minimum Gasteiger partial charge on any atom is -0.457 e. The number of aliphatic hydroxyl groups is 7. The maximum absolute atomic E-state index is 13.1. The third-order valence-electron chi connectivity index (χ3n) is 13.3. The molecule has 0 aliphatic carbocycles. The molecule has 0 aromatic carbocycles. The van der Waals surface area contributed by atoms with Crippen LogP contribution in [0.1, 0.15) is 181 Å². The summed E-state index contributed by atoms with van der Waals surface area (Å²) in [6.07, 6.45) is 49.9. The Kier molecular flexibility index (Phi) is 44.0. The molecule has 2 rings (SSSR count). The molecule has 7 N–H and O–H groups in total. The van der Waals surface area contributed by atoms with E-state index in [9.17, 15) is 40.5 Å². The predicted octanol–water partition coefficient (Wildman–Crippen LogP) is 10.7. The molecule has 0 aromatic heterocycles. The van der Waals surface area contributed by atoms with Crippen molar-refractivity contribution < 1.29 is 69.0 Å². The molecule has 2 aliphatic heterocycles. The van der Waals surface area contributed by atoms with Crippen LogP contribution in [0.25, 0.3) is 0 Å². The Morgan fingerprint density at radius 1 is 0.442 bits per heavy atom. The summed E-state index contributed by atoms with van der Waals surface area (Å²) in [5, 5.41) is 72.4. The van der Waals surface area contributed by atoms with E-state index >= 15 is 0 Å². The molecule has 11 unspecified atom stereocenters. The summed E-state index contributed by atoms with van der Waals surface area (Å²) in [5.74, 6) is -0.400. The van der Waals surface area contributed by atoms with Gasteiger partial charge in [0.2, 0.25) is 0 Å². The number of aliphatic hydroxyl groups excluding tert-OH is 7. The number of rotatable bonds is 46. The molecule has 14 heteroatoms. The van der Waals surface area contributed by atoms with Crippen LogP contribution in [0, 0.1) is 0 Å². The zero-order valence-electron chi connectivity index (χ0n) is 47.2. The van der Waals surface area contributed by atoms with Gasteiger partial charge in [0.25, 0.3) is 0 Å². The van der Waals surface area contributed by atoms with Gasteiger partial charge in [-0.3, -0.25) is 4.79 Å². The van der Waals surface area contributed by atoms with E-state index in [4.69, 9.17) is 28.4 Å². The van der Waals surface area contributed by atoms with E-state index in [0.717, 1.165) is 128 Å². The van der Waals surface area contributed by atoms with Gasteiger partial charge in [0, 0.05) is 13.0 Å². The maximum atomic E-state index is 13.1. The second-order valence-electron chi connectivity index (χ2n) is 20.1. The highest BCUT2D eigenvalue weighted by molar-refractivity contribution is 5.69. The van der Waals surface area contributed by atoms with Gasteiger partial charge in [-0.2, -0.15) is 0 Å². The zero-order chi connectivity index (χ0) is 55.8. The predicted molar refractivity (Wildman–Crippen MR) is 307 cm³/mol. The molecule has 14 nitrogen and oxygen atoms in total. The molecule has 0 saturated carbocycles. The third kappa shape index (κ3) is 35.1. The maximum Gasteiger partial charge on any atom is 0.306 e. The quantitative estimate of drug-likeness (QED) is 0.0172. The van der Waals surface area contributed by atoms with Gasteiger partial charge in [-0.25, -0.2) is 0 Å². The van der Waals surface area contributed by atoms with Gasteiger partial charge in [-0.05, 0) is 103 Å². The summed E-state index contributed by atoms with van der Waals surface area (Å²) < 4.78 is 34.4. The van der Waals surface area contributed by atoms with E-state index in [1.54, 1.807) is 0 Å². The Morgan fingerprint density at radius 3 is 1.32 bits per heavy atom. The highest BCUT2D eigenvalue weighted by atomic mass is 16.7. The number of hydrogen-bond acceptors (Lipinski definition) is 14. The molecular formula is C63H104O14. The topological polar surface area (TPSA) is 214 Å². The standard InChI is InChI=1S/C63H104O14/c1-3-5-7-9-11-13-15-17-19-21-23-24-25-26-27-29-31-33-35-37-39-41-43-45-47-72-49-52(75-55(65)46-44-42-40-38-36-34-32-30-28-22-20-18-16-14-12-10-8-6-4-2)50-73-62-61(71)59(69)57(67)54(77-62)51-74-63-60(70)58(68)56(66)53(48-64)76-63/h5,7,11-14,17-20,23-24,26-28,30-31,33,52-54,56-64,66-71H,3-4,6,8-10,15-16,21-22,25,29,32,34-51H2,1-2H3/b7-5-,13-11-,14-12-,19-17-,20-18-,24-23-,27-26-,30-28-,33-31-. The first-order valence-electron chi connectivity index (χ1n) is 29.5. The monoisotopic (exact) mass is 1080 g/mol. The minimum absolute atomic E-state index is 0.0351. The van der Waals surface area contributed by atoms with Crippen LogP contribution in [0.2, 0.25) is 0 Å². The lowest BCUT2D eigenvalue weighted by molar-refractivity contribution is -0.332. The Hall–Kier alpha value is -3.35. The molecular weight excluding hydrogens is 981 g/mol. The second kappa shape index (κ2) is 48.5. The number of ether oxygens (including phenoxy) is 6. The van der Waals surface area contributed by atoms with Gasteiger partial charge in [0.15, 0.2) is 12.6 Å². The lowest BCUT2D eigenvalue weighted by Gasteiger charge is -2.42. The Morgan fingerprint density at radius 2 is 0.844 bits per heavy atom. The molecule has 2 heterocycles. The molecule has 77 heavy (non-hydrogen) atoms. The van der Waals surface area contributed by atoms with Crippen LogP contribution in [-0.4, -0.2) is 142 Å². The number of esters is 1. The smallest absolute Gasteiger partial charge is 0.306 e. The average molecular weight is 1090 g/mol. The number of unbranched alkanes of at least 4 members (excludes halogenated alkanes) is 14. The van der Waals surface area contributed by atoms with Crippen molar-refractivity contribution in [3.8, 4) is 0 Å². The van der Waals surface area contributed by atoms with E-state index < -0.39 is 86.7 Å². The molecule has 0 bridgehead atoms. The number of carbonyl (C=O) groups is 1. The normalized spacial score (nSPS) is 25.1. The molecule has 0 amide bonds. The summed E-state index contributed by atoms with van der Waals surface area (Å²) in [4.78, 5) is 13.1. The van der Waals surface area contributed by atoms with E-state index in [1.165, 1.54) is 25.7 Å². The van der Waals surface area contributed by atoms with Crippen LogP contribution < -0.4 is 0 Å². The third-order valence-corrected chi connectivity index (χ3v) is 13.3. The van der Waals surface area contributed by atoms with Crippen molar-refractivity contribution >= 4 is 5.97 Å². The van der Waals surface area contributed by atoms with E-state index in [0.29, 0.717) is 13.0 Å². The molecule has 0 spiro atoms. The van der Waals surface area contributed by atoms with Gasteiger partial charge in [0.1, 0.15) is 54.9 Å². The zero-order valence-corrected chi connectivity index (χ0v) is 47.2. The average Bonchev–Trinajstić information content (AvgIpc) is 3.43. The van der Waals surface area contributed by atoms with E-state index in [1.807, 2.05) is 0 Å². The highest BCUT2D eigenvalue weighted by Crippen LogP contribution is 2.26. The fraction of sp³-hybridized carbons (Fsp3) is 0.698. The fourth-order valence-electron chi connectivity index (χ4n) is 8.53. The van der Waals surface area contributed by atoms with Crippen molar-refractivity contribution in [1.29, 1.82) is 0 Å². The molecule has 440 valence electrons. The van der Waals surface area contributed by atoms with Crippen molar-refractivity contribution in [2.24, 2.45) is 0 Å². The lowest BCUT2D eigenvalue weighted by Crippen LogP contribution is -2.61. The molecule has 11 atom stereocenters. The first kappa shape index (κ1) is 69.8. The van der Waals surface area contributed by atoms with Crippen LogP contribution in [-0.2, 0) is 33.2 Å². The van der Waals surface area contributed by atoms with Crippen molar-refractivity contribution in [2.45, 2.75) is 248 Å². The Bertz CT molecular complexity index is 1690. The van der Waals surface area contributed by atoms with E-state index in [-0.39, 0.29) is 19.6 Å². The van der Waals surface area contributed by atoms with Crippen LogP contribution in [0.15, 0.2) is 109 Å². The van der Waals surface area contributed by atoms with Gasteiger partial charge in [0.05, 0.1) is 26.4 Å². The SMILES string of the molecule is CC/C=C\C/C=C\C/C=C\C/C=C\C/C=C\C/C=C\CCCCCCCOCC(COC1OC(COC2OC(CO)C(O)C(O)C2O)C(O)C(O)C1O)OC(=O)CCCCCCCC/C=C\C/C=C\C/C=C\CCCCC. The highest BCUT2D eigenvalue weighted by Gasteiger charge is 2.47. The number of hydrogen-bond donors (Lipinski definition) is 7. The summed E-state index contributed by atoms with van der Waals surface area (Å²) in [6.45, 7) is 3.46. The first-order valence-corrected chi connectivity index (χ1v) is 29.5. The van der Waals surface area contributed by atoms with Gasteiger partial charge in [-0.1, -0.05) is 181 Å². The van der Waals surface area contributed by atoms with Crippen molar-refractivity contribution in [1.82, 2.24) is 0 Å². The summed E-state index contributed by atoms with van der Waals surface area (Å²) in [6, 6.07) is 0. The minimum atomic E-state index is -1.72. The van der Waals surface area contributed by atoms with Crippen LogP contribution in [0.5, 0.6) is 0 Å². The van der Waals surface area contributed by atoms with Crippen molar-refractivity contribution in [3.05, 3.63) is 109 Å². The van der Waals surface area contributed by atoms with Gasteiger partial charge < -0.3 is 64.2 Å². The van der Waals surface area contributed by atoms with E-state index in [2.05, 4.69) is 123 Å². The summed E-state index contributed by atoms with van der Waals surface area (Å²) in [5.41, 5.74) is 0. The first-order chi connectivity index (χ1) is 37.6. The van der Waals surface area contributed by atoms with Crippen LogP contribution >= 0.6 is 0 Å². The van der Waals surface area contributed by atoms with Gasteiger partial charge in [-0.15, -0.1) is 0 Å². The van der Waals surface area contributed by atoms with Crippen LogP contribution in [0.4, 0.5) is 0 Å². The van der Waals surface area contributed by atoms with Crippen LogP contribution in [0.3, 0.4) is 0 Å². The Labute approximate surface area is 464 Å². The van der Waals surface area contributed by atoms with Crippen molar-refractivity contribution in [2.75, 3.05) is 33.0 Å². The molecule has 2 saturated heterocycles.